The number of ketones is 2. The van der Waals surface area contributed by atoms with Crippen molar-refractivity contribution in [3.8, 4) is 40.2 Å². The van der Waals surface area contributed by atoms with Gasteiger partial charge in [-0.25, -0.2) is 0 Å². The summed E-state index contributed by atoms with van der Waals surface area (Å²) in [6.07, 6.45) is 6.68. The van der Waals surface area contributed by atoms with E-state index in [0.29, 0.717) is 11.1 Å². The zero-order chi connectivity index (χ0) is 35.6. The number of phenols is 7. The zero-order valence-electron chi connectivity index (χ0n) is 27.3. The normalized spacial score (nSPS) is 17.4. The molecule has 0 aromatic heterocycles. The Labute approximate surface area is 283 Å². The van der Waals surface area contributed by atoms with Gasteiger partial charge in [-0.1, -0.05) is 47.6 Å². The van der Waals surface area contributed by atoms with Gasteiger partial charge in [0.15, 0.2) is 11.6 Å². The Morgan fingerprint density at radius 1 is 0.755 bits per heavy atom. The van der Waals surface area contributed by atoms with Gasteiger partial charge >= 0.3 is 0 Å². The van der Waals surface area contributed by atoms with Crippen LogP contribution in [-0.2, 0) is 6.42 Å². The number of aromatic hydroxyl groups is 7. The summed E-state index contributed by atoms with van der Waals surface area (Å²) in [5, 5.41) is 75.3. The number of allylic oxidation sites excluding steroid dienone is 5. The van der Waals surface area contributed by atoms with E-state index in [1.165, 1.54) is 60.7 Å². The van der Waals surface area contributed by atoms with E-state index >= 15 is 0 Å². The van der Waals surface area contributed by atoms with Gasteiger partial charge in [-0.05, 0) is 93.3 Å². The molecule has 9 heteroatoms. The number of rotatable bonds is 9. The summed E-state index contributed by atoms with van der Waals surface area (Å²) < 4.78 is 0. The van der Waals surface area contributed by atoms with E-state index in [1.807, 2.05) is 13.8 Å². The topological polar surface area (TPSA) is 176 Å². The van der Waals surface area contributed by atoms with E-state index in [4.69, 9.17) is 0 Å². The van der Waals surface area contributed by atoms with Crippen LogP contribution in [0, 0.1) is 5.92 Å². The minimum Gasteiger partial charge on any atom is -0.508 e. The number of Topliss-reactive ketones (excluding diaryl/α,β-unsaturated/α-hetero) is 1. The number of hydrogen-bond acceptors (Lipinski definition) is 9. The Morgan fingerprint density at radius 3 is 2.08 bits per heavy atom. The molecule has 0 fully saturated rings. The van der Waals surface area contributed by atoms with Gasteiger partial charge in [-0.2, -0.15) is 0 Å². The van der Waals surface area contributed by atoms with Crippen LogP contribution in [0.15, 0.2) is 96.1 Å². The first-order valence-corrected chi connectivity index (χ1v) is 15.7. The lowest BCUT2D eigenvalue weighted by atomic mass is 9.65. The summed E-state index contributed by atoms with van der Waals surface area (Å²) in [5.41, 5.74) is 2.45. The summed E-state index contributed by atoms with van der Waals surface area (Å²) >= 11 is 0. The Bertz CT molecular complexity index is 2010. The molecule has 0 saturated carbocycles. The van der Waals surface area contributed by atoms with Crippen LogP contribution in [0.1, 0.15) is 82.0 Å². The number of carbonyl (C=O) groups is 2. The van der Waals surface area contributed by atoms with Gasteiger partial charge < -0.3 is 35.7 Å². The standard InChI is InChI=1S/C40H38O9/c1-21(2)4-11-27-33(44)16-14-29(38(27)47)40(49)36-30(26-12-10-25(42)20-35(26)46)18-22(3)19-31(36)37-34(45)17-13-28(39(37)48)32(43)15-7-23-5-8-24(41)9-6-23/h4-10,12-17,19-20,30-31,36,41-42,44-48H,11,18H2,1-3H3/b15-7+. The molecule has 0 radical (unpaired) electrons. The lowest BCUT2D eigenvalue weighted by molar-refractivity contribution is 0.0876. The average Bonchev–Trinajstić information content (AvgIpc) is 3.04. The molecule has 0 amide bonds. The third-order valence-electron chi connectivity index (χ3n) is 8.89. The van der Waals surface area contributed by atoms with Crippen molar-refractivity contribution in [3.63, 3.8) is 0 Å². The highest BCUT2D eigenvalue weighted by molar-refractivity contribution is 6.09. The van der Waals surface area contributed by atoms with Gasteiger partial charge in [0.2, 0.25) is 0 Å². The minimum atomic E-state index is -1.15. The minimum absolute atomic E-state index is 0.0629. The van der Waals surface area contributed by atoms with Crippen molar-refractivity contribution >= 4 is 17.6 Å². The Hall–Kier alpha value is -5.96. The lowest BCUT2D eigenvalue weighted by Gasteiger charge is -2.37. The van der Waals surface area contributed by atoms with Gasteiger partial charge in [0.1, 0.15) is 40.2 Å². The lowest BCUT2D eigenvalue weighted by Crippen LogP contribution is -2.32. The van der Waals surface area contributed by atoms with Crippen molar-refractivity contribution in [2.75, 3.05) is 0 Å². The first-order valence-electron chi connectivity index (χ1n) is 15.7. The van der Waals surface area contributed by atoms with Gasteiger partial charge in [-0.15, -0.1) is 0 Å². The van der Waals surface area contributed by atoms with Crippen molar-refractivity contribution in [1.29, 1.82) is 0 Å². The van der Waals surface area contributed by atoms with Crippen molar-refractivity contribution in [2.45, 2.75) is 45.4 Å². The Kier molecular flexibility index (Phi) is 9.84. The molecule has 9 nitrogen and oxygen atoms in total. The maximum Gasteiger partial charge on any atom is 0.189 e. The second-order valence-electron chi connectivity index (χ2n) is 12.6. The third-order valence-corrected chi connectivity index (χ3v) is 8.89. The first-order chi connectivity index (χ1) is 23.3. The summed E-state index contributed by atoms with van der Waals surface area (Å²) in [4.78, 5) is 28.1. The van der Waals surface area contributed by atoms with E-state index in [1.54, 1.807) is 31.2 Å². The first kappa shape index (κ1) is 34.4. The summed E-state index contributed by atoms with van der Waals surface area (Å²) in [5.74, 6) is -6.08. The van der Waals surface area contributed by atoms with E-state index in [0.717, 1.165) is 17.2 Å². The number of phenolic OH excluding ortho intramolecular Hbond substituents is 7. The molecule has 3 atom stereocenters. The van der Waals surface area contributed by atoms with Crippen LogP contribution in [0.25, 0.3) is 6.08 Å². The van der Waals surface area contributed by atoms with Gasteiger partial charge in [-0.3, -0.25) is 9.59 Å². The quantitative estimate of drug-likeness (QED) is 0.0537. The molecule has 1 aliphatic carbocycles. The largest absolute Gasteiger partial charge is 0.508 e. The van der Waals surface area contributed by atoms with Crippen molar-refractivity contribution in [3.05, 3.63) is 129 Å². The molecule has 3 unspecified atom stereocenters. The Morgan fingerprint density at radius 2 is 1.41 bits per heavy atom. The van der Waals surface area contributed by atoms with Crippen LogP contribution >= 0.6 is 0 Å². The molecule has 4 aromatic rings. The zero-order valence-corrected chi connectivity index (χ0v) is 27.3. The summed E-state index contributed by atoms with van der Waals surface area (Å²) in [6, 6.07) is 15.3. The van der Waals surface area contributed by atoms with Crippen LogP contribution in [0.3, 0.4) is 0 Å². The molecule has 0 bridgehead atoms. The molecule has 7 N–H and O–H groups in total. The SMILES string of the molecule is CC(C)=CCc1c(O)ccc(C(=O)C2C(c3c(O)ccc(C(=O)/C=C/c4ccc(O)cc4)c3O)C=C(C)CC2c2ccc(O)cc2O)c1O. The molecule has 1 aliphatic rings. The monoisotopic (exact) mass is 662 g/mol. The molecule has 0 spiro atoms. The highest BCUT2D eigenvalue weighted by Gasteiger charge is 2.43. The second kappa shape index (κ2) is 14.0. The van der Waals surface area contributed by atoms with Gasteiger partial charge in [0.05, 0.1) is 11.1 Å². The predicted molar refractivity (Wildman–Crippen MR) is 186 cm³/mol. The van der Waals surface area contributed by atoms with Gasteiger partial charge in [0.25, 0.3) is 0 Å². The van der Waals surface area contributed by atoms with Crippen molar-refractivity contribution in [1.82, 2.24) is 0 Å². The van der Waals surface area contributed by atoms with Crippen molar-refractivity contribution < 1.29 is 45.3 Å². The van der Waals surface area contributed by atoms with E-state index < -0.39 is 40.8 Å². The molecule has 49 heavy (non-hydrogen) atoms. The van der Waals surface area contributed by atoms with Crippen LogP contribution in [0.5, 0.6) is 40.2 Å². The average molecular weight is 663 g/mol. The van der Waals surface area contributed by atoms with Gasteiger partial charge in [0, 0.05) is 34.9 Å². The fourth-order valence-electron chi connectivity index (χ4n) is 6.44. The Balaban J connectivity index is 1.67. The van der Waals surface area contributed by atoms with E-state index in [2.05, 4.69) is 0 Å². The second-order valence-corrected chi connectivity index (χ2v) is 12.6. The maximum absolute atomic E-state index is 14.7. The van der Waals surface area contributed by atoms with E-state index in [-0.39, 0.29) is 63.8 Å². The van der Waals surface area contributed by atoms with Crippen LogP contribution in [0.2, 0.25) is 0 Å². The third kappa shape index (κ3) is 7.16. The highest BCUT2D eigenvalue weighted by Crippen LogP contribution is 2.53. The highest BCUT2D eigenvalue weighted by atomic mass is 16.3. The molecule has 5 rings (SSSR count). The van der Waals surface area contributed by atoms with Crippen molar-refractivity contribution in [2.24, 2.45) is 5.92 Å². The van der Waals surface area contributed by atoms with Crippen LogP contribution in [0.4, 0.5) is 0 Å². The summed E-state index contributed by atoms with van der Waals surface area (Å²) in [6.45, 7) is 5.53. The molecule has 0 saturated heterocycles. The maximum atomic E-state index is 14.7. The molecule has 0 heterocycles. The summed E-state index contributed by atoms with van der Waals surface area (Å²) in [7, 11) is 0. The number of carbonyl (C=O) groups excluding carboxylic acids is 2. The number of hydrogen-bond donors (Lipinski definition) is 7. The van der Waals surface area contributed by atoms with Crippen LogP contribution < -0.4 is 0 Å². The molecular formula is C40H38O9. The number of benzene rings is 4. The van der Waals surface area contributed by atoms with Crippen LogP contribution in [-0.4, -0.2) is 47.3 Å². The molecular weight excluding hydrogens is 624 g/mol. The molecule has 4 aromatic carbocycles. The van der Waals surface area contributed by atoms with E-state index in [9.17, 15) is 45.3 Å². The fraction of sp³-hybridized carbons (Fsp3) is 0.200. The predicted octanol–water partition coefficient (Wildman–Crippen LogP) is 7.75. The molecule has 0 aliphatic heterocycles. The smallest absolute Gasteiger partial charge is 0.189 e. The fourth-order valence-corrected chi connectivity index (χ4v) is 6.44. The molecule has 252 valence electrons.